The third-order valence-electron chi connectivity index (χ3n) is 1.80. The van der Waals surface area contributed by atoms with Gasteiger partial charge in [-0.25, -0.2) is 0 Å². The molecule has 6 heteroatoms. The monoisotopic (exact) mass is 396 g/mol. The molecule has 0 saturated carbocycles. The molecule has 0 fully saturated rings. The van der Waals surface area contributed by atoms with Gasteiger partial charge in [0.1, 0.15) is 10.8 Å². The number of hydrogen-bond donors (Lipinski definition) is 0. The highest BCUT2D eigenvalue weighted by Crippen LogP contribution is 2.33. The van der Waals surface area contributed by atoms with Crippen LogP contribution in [0, 0.1) is 3.01 Å². The quantitative estimate of drug-likeness (QED) is 0.727. The number of hydrogen-bond acceptors (Lipinski definition) is 4. The van der Waals surface area contributed by atoms with Crippen LogP contribution in [0.25, 0.3) is 10.6 Å². The van der Waals surface area contributed by atoms with Crippen LogP contribution in [0.15, 0.2) is 22.7 Å². The van der Waals surface area contributed by atoms with Gasteiger partial charge in [0.2, 0.25) is 0 Å². The van der Waals surface area contributed by atoms with Gasteiger partial charge in [0.15, 0.2) is 3.01 Å². The van der Waals surface area contributed by atoms with Crippen LogP contribution in [-0.4, -0.2) is 17.3 Å². The van der Waals surface area contributed by atoms with Crippen LogP contribution >= 0.6 is 49.9 Å². The Bertz CT molecular complexity index is 489. The topological polar surface area (TPSA) is 35.0 Å². The summed E-state index contributed by atoms with van der Waals surface area (Å²) in [6.45, 7) is 0. The second kappa shape index (κ2) is 4.75. The molecule has 1 aromatic carbocycles. The lowest BCUT2D eigenvalue weighted by Crippen LogP contribution is -1.85. The van der Waals surface area contributed by atoms with Gasteiger partial charge in [-0.15, -0.1) is 10.2 Å². The first-order valence-corrected chi connectivity index (χ1v) is 6.72. The summed E-state index contributed by atoms with van der Waals surface area (Å²) in [5.41, 5.74) is 1.01. The molecule has 0 aliphatic rings. The predicted octanol–water partition coefficient (Wildman–Crippen LogP) is 3.58. The lowest BCUT2D eigenvalue weighted by Gasteiger charge is -2.03. The van der Waals surface area contributed by atoms with Crippen molar-refractivity contribution in [1.82, 2.24) is 10.2 Å². The van der Waals surface area contributed by atoms with E-state index in [1.807, 2.05) is 18.2 Å². The molecule has 2 aromatic rings. The van der Waals surface area contributed by atoms with Crippen LogP contribution in [0.1, 0.15) is 0 Å². The Labute approximate surface area is 113 Å². The molecule has 1 heterocycles. The van der Waals surface area contributed by atoms with E-state index in [1.54, 1.807) is 18.4 Å². The van der Waals surface area contributed by atoms with Gasteiger partial charge in [-0.3, -0.25) is 0 Å². The van der Waals surface area contributed by atoms with Crippen LogP contribution in [-0.2, 0) is 0 Å². The molecule has 0 spiro atoms. The Balaban J connectivity index is 2.51. The molecule has 0 atom stereocenters. The minimum atomic E-state index is 0.818. The van der Waals surface area contributed by atoms with Crippen LogP contribution in [0.2, 0.25) is 0 Å². The Morgan fingerprint density at radius 2 is 2.20 bits per heavy atom. The molecule has 15 heavy (non-hydrogen) atoms. The van der Waals surface area contributed by atoms with E-state index in [0.29, 0.717) is 0 Å². The standard InChI is InChI=1S/C9H6BrIN2OS/c1-14-5-2-3-7(10)6(4-5)8-12-13-9(11)15-8/h2-4H,1H3. The van der Waals surface area contributed by atoms with E-state index in [0.717, 1.165) is 23.8 Å². The second-order valence-corrected chi connectivity index (χ2v) is 6.29. The number of benzene rings is 1. The number of methoxy groups -OCH3 is 1. The van der Waals surface area contributed by atoms with E-state index in [9.17, 15) is 0 Å². The van der Waals surface area contributed by atoms with Gasteiger partial charge < -0.3 is 4.74 Å². The van der Waals surface area contributed by atoms with Gasteiger partial charge in [-0.1, -0.05) is 27.3 Å². The molecule has 0 radical (unpaired) electrons. The highest BCUT2D eigenvalue weighted by molar-refractivity contribution is 14.1. The van der Waals surface area contributed by atoms with Crippen molar-refractivity contribution in [2.75, 3.05) is 7.11 Å². The summed E-state index contributed by atoms with van der Waals surface area (Å²) in [5.74, 6) is 0.818. The third kappa shape index (κ3) is 2.48. The maximum absolute atomic E-state index is 5.17. The van der Waals surface area contributed by atoms with E-state index >= 15 is 0 Å². The number of ether oxygens (including phenoxy) is 1. The number of aromatic nitrogens is 2. The zero-order valence-electron chi connectivity index (χ0n) is 7.70. The first-order valence-electron chi connectivity index (χ1n) is 4.03. The first kappa shape index (κ1) is 11.3. The summed E-state index contributed by atoms with van der Waals surface area (Å²) in [6.07, 6.45) is 0. The third-order valence-corrected chi connectivity index (χ3v) is 4.12. The molecule has 1 aromatic heterocycles. The lowest BCUT2D eigenvalue weighted by molar-refractivity contribution is 0.415. The van der Waals surface area contributed by atoms with Gasteiger partial charge in [-0.2, -0.15) is 0 Å². The molecule has 0 aliphatic carbocycles. The SMILES string of the molecule is COc1ccc(Br)c(-c2nnc(I)s2)c1. The molecule has 0 N–H and O–H groups in total. The van der Waals surface area contributed by atoms with Crippen LogP contribution in [0.5, 0.6) is 5.75 Å². The van der Waals surface area contributed by atoms with E-state index in [2.05, 4.69) is 48.7 Å². The Morgan fingerprint density at radius 3 is 2.80 bits per heavy atom. The van der Waals surface area contributed by atoms with Crippen molar-refractivity contribution in [1.29, 1.82) is 0 Å². The fourth-order valence-corrected chi connectivity index (χ4v) is 3.01. The minimum absolute atomic E-state index is 0.818. The van der Waals surface area contributed by atoms with Crippen molar-refractivity contribution in [2.24, 2.45) is 0 Å². The predicted molar refractivity (Wildman–Crippen MR) is 72.3 cm³/mol. The smallest absolute Gasteiger partial charge is 0.178 e. The largest absolute Gasteiger partial charge is 0.497 e. The lowest BCUT2D eigenvalue weighted by atomic mass is 10.2. The molecule has 78 valence electrons. The fraction of sp³-hybridized carbons (Fsp3) is 0.111. The molecule has 0 saturated heterocycles. The second-order valence-electron chi connectivity index (χ2n) is 2.71. The van der Waals surface area contributed by atoms with Gasteiger partial charge >= 0.3 is 0 Å². The summed E-state index contributed by atoms with van der Waals surface area (Å²) in [6, 6.07) is 5.79. The molecule has 0 bridgehead atoms. The molecular formula is C9H6BrIN2OS. The van der Waals surface area contributed by atoms with E-state index in [4.69, 9.17) is 4.74 Å². The number of rotatable bonds is 2. The summed E-state index contributed by atoms with van der Waals surface area (Å²) >= 11 is 7.19. The highest BCUT2D eigenvalue weighted by atomic mass is 127. The van der Waals surface area contributed by atoms with Gasteiger partial charge in [0.25, 0.3) is 0 Å². The van der Waals surface area contributed by atoms with Gasteiger partial charge in [0, 0.05) is 10.0 Å². The van der Waals surface area contributed by atoms with Crippen LogP contribution < -0.4 is 4.74 Å². The summed E-state index contributed by atoms with van der Waals surface area (Å²) in [5, 5.41) is 8.97. The van der Waals surface area contributed by atoms with E-state index in [-0.39, 0.29) is 0 Å². The Hall–Kier alpha value is -0.210. The Morgan fingerprint density at radius 1 is 1.40 bits per heavy atom. The molecule has 0 unspecified atom stereocenters. The maximum atomic E-state index is 5.17. The fourth-order valence-electron chi connectivity index (χ4n) is 1.11. The zero-order chi connectivity index (χ0) is 10.8. The van der Waals surface area contributed by atoms with E-state index < -0.39 is 0 Å². The average molecular weight is 397 g/mol. The molecule has 0 amide bonds. The normalized spacial score (nSPS) is 10.3. The molecular weight excluding hydrogens is 391 g/mol. The van der Waals surface area contributed by atoms with Crippen molar-refractivity contribution in [3.63, 3.8) is 0 Å². The average Bonchev–Trinajstić information content (AvgIpc) is 2.65. The van der Waals surface area contributed by atoms with Gasteiger partial charge in [-0.05, 0) is 40.8 Å². The Kier molecular flexibility index (Phi) is 3.57. The maximum Gasteiger partial charge on any atom is 0.178 e. The number of nitrogens with zero attached hydrogens (tertiary/aromatic N) is 2. The molecule has 3 nitrogen and oxygen atoms in total. The van der Waals surface area contributed by atoms with E-state index in [1.165, 1.54) is 0 Å². The highest BCUT2D eigenvalue weighted by Gasteiger charge is 2.09. The van der Waals surface area contributed by atoms with Crippen molar-refractivity contribution in [3.8, 4) is 16.3 Å². The van der Waals surface area contributed by atoms with Crippen LogP contribution in [0.3, 0.4) is 0 Å². The number of halogens is 2. The van der Waals surface area contributed by atoms with Crippen molar-refractivity contribution < 1.29 is 4.74 Å². The minimum Gasteiger partial charge on any atom is -0.497 e. The summed E-state index contributed by atoms with van der Waals surface area (Å²) < 4.78 is 7.10. The zero-order valence-corrected chi connectivity index (χ0v) is 12.3. The van der Waals surface area contributed by atoms with Crippen molar-refractivity contribution >= 4 is 49.9 Å². The first-order chi connectivity index (χ1) is 7.20. The van der Waals surface area contributed by atoms with Crippen molar-refractivity contribution in [2.45, 2.75) is 0 Å². The van der Waals surface area contributed by atoms with Gasteiger partial charge in [0.05, 0.1) is 7.11 Å². The summed E-state index contributed by atoms with van der Waals surface area (Å²) in [4.78, 5) is 0. The van der Waals surface area contributed by atoms with Crippen molar-refractivity contribution in [3.05, 3.63) is 25.7 Å². The molecule has 0 aliphatic heterocycles. The molecule has 2 rings (SSSR count). The van der Waals surface area contributed by atoms with Crippen LogP contribution in [0.4, 0.5) is 0 Å². The summed E-state index contributed by atoms with van der Waals surface area (Å²) in [7, 11) is 1.65.